The number of benzene rings is 3. The predicted molar refractivity (Wildman–Crippen MR) is 109 cm³/mol. The van der Waals surface area contributed by atoms with E-state index >= 15 is 0 Å². The first-order valence-corrected chi connectivity index (χ1v) is 8.62. The topological polar surface area (TPSA) is 37.3 Å². The van der Waals surface area contributed by atoms with E-state index in [1.165, 1.54) is 0 Å². The van der Waals surface area contributed by atoms with Crippen molar-refractivity contribution < 1.29 is 0 Å². The van der Waals surface area contributed by atoms with Gasteiger partial charge >= 0.3 is 0 Å². The van der Waals surface area contributed by atoms with Gasteiger partial charge in [-0.1, -0.05) is 84.9 Å². The van der Waals surface area contributed by atoms with Gasteiger partial charge in [0, 0.05) is 27.6 Å². The second-order valence-corrected chi connectivity index (χ2v) is 6.11. The number of aryl methyl sites for hydroxylation is 1. The van der Waals surface area contributed by atoms with Crippen LogP contribution in [0.4, 0.5) is 5.69 Å². The Morgan fingerprint density at radius 2 is 1.27 bits per heavy atom. The summed E-state index contributed by atoms with van der Waals surface area (Å²) in [5.74, 6) is 0. The Bertz CT molecular complexity index is 1010. The lowest BCUT2D eigenvalue weighted by molar-refractivity contribution is 1.22. The van der Waals surface area contributed by atoms with Crippen molar-refractivity contribution in [2.75, 3.05) is 5.43 Å². The molecule has 0 saturated heterocycles. The van der Waals surface area contributed by atoms with Crippen LogP contribution < -0.4 is 5.43 Å². The van der Waals surface area contributed by atoms with Gasteiger partial charge in [0.1, 0.15) is 0 Å². The van der Waals surface area contributed by atoms with Crippen LogP contribution in [-0.2, 0) is 0 Å². The van der Waals surface area contributed by atoms with Gasteiger partial charge in [-0.15, -0.1) is 0 Å². The minimum absolute atomic E-state index is 0.899. The molecule has 0 saturated carbocycles. The lowest BCUT2D eigenvalue weighted by Gasteiger charge is -2.11. The van der Waals surface area contributed by atoms with Crippen molar-refractivity contribution >= 4 is 22.2 Å². The minimum atomic E-state index is 0.899. The number of hydrazone groups is 1. The average Bonchev–Trinajstić information content (AvgIpc) is 2.71. The molecule has 26 heavy (non-hydrogen) atoms. The normalized spacial score (nSPS) is 10.5. The Morgan fingerprint density at radius 1 is 0.731 bits per heavy atom. The second kappa shape index (κ2) is 7.19. The summed E-state index contributed by atoms with van der Waals surface area (Å²) in [5, 5.41) is 6.99. The number of rotatable bonds is 4. The summed E-state index contributed by atoms with van der Waals surface area (Å²) in [5.41, 5.74) is 8.18. The Hall–Kier alpha value is -3.46. The smallest absolute Gasteiger partial charge is 0.0977 e. The van der Waals surface area contributed by atoms with E-state index in [2.05, 4.69) is 46.8 Å². The Labute approximate surface area is 153 Å². The number of nitrogens with one attached hydrogen (secondary N) is 1. The number of aromatic nitrogens is 1. The van der Waals surface area contributed by atoms with Crippen LogP contribution in [0.1, 0.15) is 16.8 Å². The highest BCUT2D eigenvalue weighted by Crippen LogP contribution is 2.24. The Kier molecular flexibility index (Phi) is 4.44. The maximum atomic E-state index is 4.74. The first-order valence-electron chi connectivity index (χ1n) is 8.62. The van der Waals surface area contributed by atoms with Crippen LogP contribution in [0.5, 0.6) is 0 Å². The molecule has 1 N–H and O–H groups in total. The number of pyridine rings is 1. The third-order valence-electron chi connectivity index (χ3n) is 4.38. The van der Waals surface area contributed by atoms with Gasteiger partial charge in [0.25, 0.3) is 0 Å². The third-order valence-corrected chi connectivity index (χ3v) is 4.38. The van der Waals surface area contributed by atoms with E-state index in [1.54, 1.807) is 0 Å². The van der Waals surface area contributed by atoms with Crippen molar-refractivity contribution in [3.8, 4) is 0 Å². The number of hydrogen-bond donors (Lipinski definition) is 1. The molecule has 0 radical (unpaired) electrons. The van der Waals surface area contributed by atoms with Crippen molar-refractivity contribution in [3.05, 3.63) is 108 Å². The third kappa shape index (κ3) is 3.20. The summed E-state index contributed by atoms with van der Waals surface area (Å²) < 4.78 is 0. The van der Waals surface area contributed by atoms with Gasteiger partial charge in [0.05, 0.1) is 17.6 Å². The van der Waals surface area contributed by atoms with Gasteiger partial charge in [-0.05, 0) is 6.92 Å². The first kappa shape index (κ1) is 16.0. The van der Waals surface area contributed by atoms with E-state index in [0.717, 1.165) is 39.0 Å². The van der Waals surface area contributed by atoms with Crippen molar-refractivity contribution in [1.82, 2.24) is 4.98 Å². The van der Waals surface area contributed by atoms with Crippen LogP contribution in [0.2, 0.25) is 0 Å². The SMILES string of the molecule is Cc1ncc(NN=C(c2ccccc2)c2ccccc2)c2ccccc12. The highest BCUT2D eigenvalue weighted by Gasteiger charge is 2.08. The molecule has 0 spiro atoms. The van der Waals surface area contributed by atoms with Gasteiger partial charge in [-0.3, -0.25) is 10.4 Å². The summed E-state index contributed by atoms with van der Waals surface area (Å²) >= 11 is 0. The molecule has 4 rings (SSSR count). The van der Waals surface area contributed by atoms with E-state index in [1.807, 2.05) is 61.7 Å². The van der Waals surface area contributed by atoms with Crippen LogP contribution in [-0.4, -0.2) is 10.7 Å². The number of hydrogen-bond acceptors (Lipinski definition) is 3. The molecule has 126 valence electrons. The number of nitrogens with zero attached hydrogens (tertiary/aromatic N) is 2. The van der Waals surface area contributed by atoms with Gasteiger partial charge in [0.2, 0.25) is 0 Å². The molecule has 0 atom stereocenters. The molecule has 0 amide bonds. The lowest BCUT2D eigenvalue weighted by atomic mass is 10.0. The molecule has 0 aliphatic heterocycles. The fraction of sp³-hybridized carbons (Fsp3) is 0.0435. The molecule has 4 aromatic rings. The van der Waals surface area contributed by atoms with Gasteiger partial charge in [0.15, 0.2) is 0 Å². The number of anilines is 1. The van der Waals surface area contributed by atoms with E-state index in [0.29, 0.717) is 0 Å². The van der Waals surface area contributed by atoms with E-state index in [-0.39, 0.29) is 0 Å². The molecule has 0 unspecified atom stereocenters. The van der Waals surface area contributed by atoms with E-state index in [4.69, 9.17) is 5.10 Å². The van der Waals surface area contributed by atoms with Gasteiger partial charge < -0.3 is 0 Å². The summed E-state index contributed by atoms with van der Waals surface area (Å²) in [6, 6.07) is 28.6. The second-order valence-electron chi connectivity index (χ2n) is 6.11. The largest absolute Gasteiger partial charge is 0.276 e. The predicted octanol–water partition coefficient (Wildman–Crippen LogP) is 5.41. The van der Waals surface area contributed by atoms with Crippen molar-refractivity contribution in [3.63, 3.8) is 0 Å². The zero-order chi connectivity index (χ0) is 17.8. The molecular formula is C23H19N3. The quantitative estimate of drug-likeness (QED) is 0.399. The van der Waals surface area contributed by atoms with Crippen LogP contribution in [0.25, 0.3) is 10.8 Å². The average molecular weight is 337 g/mol. The van der Waals surface area contributed by atoms with E-state index < -0.39 is 0 Å². The fourth-order valence-electron chi connectivity index (χ4n) is 3.03. The van der Waals surface area contributed by atoms with Gasteiger partial charge in [-0.2, -0.15) is 5.10 Å². The Morgan fingerprint density at radius 3 is 1.88 bits per heavy atom. The highest BCUT2D eigenvalue weighted by atomic mass is 15.3. The van der Waals surface area contributed by atoms with E-state index in [9.17, 15) is 0 Å². The standard InChI is InChI=1S/C23H19N3/c1-17-20-14-8-9-15-21(20)22(16-24-17)25-26-23(18-10-4-2-5-11-18)19-12-6-3-7-13-19/h2-16,25H,1H3. The minimum Gasteiger partial charge on any atom is -0.276 e. The van der Waals surface area contributed by atoms with Crippen LogP contribution >= 0.6 is 0 Å². The summed E-state index contributed by atoms with van der Waals surface area (Å²) in [6.45, 7) is 2.02. The summed E-state index contributed by atoms with van der Waals surface area (Å²) in [4.78, 5) is 4.50. The van der Waals surface area contributed by atoms with Crippen LogP contribution in [0.3, 0.4) is 0 Å². The molecule has 0 aliphatic rings. The molecule has 3 nitrogen and oxygen atoms in total. The first-order chi connectivity index (χ1) is 12.8. The lowest BCUT2D eigenvalue weighted by Crippen LogP contribution is -2.06. The number of fused-ring (bicyclic) bond motifs is 1. The maximum Gasteiger partial charge on any atom is 0.0977 e. The monoisotopic (exact) mass is 337 g/mol. The molecule has 3 heteroatoms. The molecule has 0 bridgehead atoms. The molecule has 3 aromatic carbocycles. The zero-order valence-corrected chi connectivity index (χ0v) is 14.6. The Balaban J connectivity index is 1.79. The fourth-order valence-corrected chi connectivity index (χ4v) is 3.03. The zero-order valence-electron chi connectivity index (χ0n) is 14.6. The van der Waals surface area contributed by atoms with Crippen molar-refractivity contribution in [1.29, 1.82) is 0 Å². The van der Waals surface area contributed by atoms with Crippen LogP contribution in [0, 0.1) is 6.92 Å². The van der Waals surface area contributed by atoms with Crippen molar-refractivity contribution in [2.45, 2.75) is 6.92 Å². The molecule has 1 aromatic heterocycles. The molecule has 0 fully saturated rings. The van der Waals surface area contributed by atoms with Crippen molar-refractivity contribution in [2.24, 2.45) is 5.10 Å². The molecule has 0 aliphatic carbocycles. The summed E-state index contributed by atoms with van der Waals surface area (Å²) in [6.07, 6.45) is 1.84. The molecule has 1 heterocycles. The van der Waals surface area contributed by atoms with Crippen LogP contribution in [0.15, 0.2) is 96.2 Å². The highest BCUT2D eigenvalue weighted by molar-refractivity contribution is 6.13. The van der Waals surface area contributed by atoms with Gasteiger partial charge in [-0.25, -0.2) is 0 Å². The maximum absolute atomic E-state index is 4.74. The summed E-state index contributed by atoms with van der Waals surface area (Å²) in [7, 11) is 0. The molecular weight excluding hydrogens is 318 g/mol.